The summed E-state index contributed by atoms with van der Waals surface area (Å²) >= 11 is 0. The van der Waals surface area contributed by atoms with Crippen LogP contribution in [0.5, 0.6) is 5.75 Å². The van der Waals surface area contributed by atoms with Crippen molar-refractivity contribution in [2.75, 3.05) is 26.7 Å². The highest BCUT2D eigenvalue weighted by Crippen LogP contribution is 2.31. The molecule has 1 aromatic carbocycles. The van der Waals surface area contributed by atoms with Crippen molar-refractivity contribution >= 4 is 6.29 Å². The third-order valence-electron chi connectivity index (χ3n) is 3.97. The van der Waals surface area contributed by atoms with Crippen molar-refractivity contribution in [1.29, 1.82) is 0 Å². The van der Waals surface area contributed by atoms with E-state index in [1.54, 1.807) is 7.11 Å². The lowest BCUT2D eigenvalue weighted by Gasteiger charge is -2.33. The van der Waals surface area contributed by atoms with Crippen LogP contribution in [0.25, 0.3) is 0 Å². The molecule has 1 N–H and O–H groups in total. The molecule has 20 heavy (non-hydrogen) atoms. The van der Waals surface area contributed by atoms with Gasteiger partial charge in [-0.15, -0.1) is 0 Å². The second-order valence-electron chi connectivity index (χ2n) is 5.54. The van der Waals surface area contributed by atoms with Crippen LogP contribution in [0.1, 0.15) is 41.6 Å². The Hall–Kier alpha value is -1.39. The van der Waals surface area contributed by atoms with Crippen LogP contribution in [-0.2, 0) is 0 Å². The van der Waals surface area contributed by atoms with Gasteiger partial charge in [-0.25, -0.2) is 0 Å². The van der Waals surface area contributed by atoms with Gasteiger partial charge in [0, 0.05) is 6.54 Å². The zero-order chi connectivity index (χ0) is 14.5. The quantitative estimate of drug-likeness (QED) is 0.837. The summed E-state index contributed by atoms with van der Waals surface area (Å²) in [6.07, 6.45) is 2.72. The third-order valence-corrected chi connectivity index (χ3v) is 3.97. The second kappa shape index (κ2) is 6.86. The lowest BCUT2D eigenvalue weighted by atomic mass is 9.88. The van der Waals surface area contributed by atoms with E-state index >= 15 is 0 Å². The fourth-order valence-corrected chi connectivity index (χ4v) is 2.90. The number of rotatable bonds is 5. The van der Waals surface area contributed by atoms with Crippen molar-refractivity contribution in [3.8, 4) is 5.75 Å². The maximum absolute atomic E-state index is 10.9. The maximum Gasteiger partial charge on any atom is 0.153 e. The molecule has 1 saturated heterocycles. The molecule has 1 aromatic rings. The largest absolute Gasteiger partial charge is 0.496 e. The smallest absolute Gasteiger partial charge is 0.153 e. The molecule has 0 saturated carbocycles. The molecule has 4 nitrogen and oxygen atoms in total. The van der Waals surface area contributed by atoms with Crippen molar-refractivity contribution in [3.05, 3.63) is 29.3 Å². The van der Waals surface area contributed by atoms with Gasteiger partial charge in [-0.3, -0.25) is 4.79 Å². The molecule has 1 heterocycles. The molecular formula is C16H23NO3. The lowest BCUT2D eigenvalue weighted by molar-refractivity contribution is 0.109. The van der Waals surface area contributed by atoms with Gasteiger partial charge in [-0.05, 0) is 56.5 Å². The van der Waals surface area contributed by atoms with Crippen molar-refractivity contribution in [3.63, 3.8) is 0 Å². The zero-order valence-corrected chi connectivity index (χ0v) is 12.2. The number of carbonyl (C=O) groups excluding carboxylic acids is 1. The molecule has 1 unspecified atom stereocenters. The molecule has 4 heteroatoms. The van der Waals surface area contributed by atoms with Gasteiger partial charge in [-0.1, -0.05) is 6.07 Å². The minimum absolute atomic E-state index is 0.265. The van der Waals surface area contributed by atoms with Gasteiger partial charge in [0.2, 0.25) is 0 Å². The highest BCUT2D eigenvalue weighted by molar-refractivity contribution is 5.79. The highest BCUT2D eigenvalue weighted by Gasteiger charge is 2.22. The number of piperidine rings is 1. The summed E-state index contributed by atoms with van der Waals surface area (Å²) in [5, 5.41) is 9.42. The number of nitrogens with zero attached hydrogens (tertiary/aromatic N) is 1. The summed E-state index contributed by atoms with van der Waals surface area (Å²) in [7, 11) is 1.59. The molecule has 0 radical (unpaired) electrons. The van der Waals surface area contributed by atoms with Crippen LogP contribution in [0.2, 0.25) is 0 Å². The van der Waals surface area contributed by atoms with Gasteiger partial charge >= 0.3 is 0 Å². The first kappa shape index (κ1) is 15.0. The fourth-order valence-electron chi connectivity index (χ4n) is 2.90. The third kappa shape index (κ3) is 3.58. The molecule has 0 aromatic heterocycles. The van der Waals surface area contributed by atoms with E-state index in [9.17, 15) is 9.90 Å². The first-order chi connectivity index (χ1) is 9.63. The predicted octanol–water partition coefficient (Wildman–Crippen LogP) is 2.07. The Kier molecular flexibility index (Phi) is 5.15. The van der Waals surface area contributed by atoms with E-state index in [0.29, 0.717) is 17.2 Å². The number of methoxy groups -OCH3 is 1. The minimum atomic E-state index is -0.265. The predicted molar refractivity (Wildman–Crippen MR) is 78.5 cm³/mol. The monoisotopic (exact) mass is 277 g/mol. The summed E-state index contributed by atoms with van der Waals surface area (Å²) in [5.41, 5.74) is 1.84. The van der Waals surface area contributed by atoms with Gasteiger partial charge in [0.15, 0.2) is 6.29 Å². The second-order valence-corrected chi connectivity index (χ2v) is 5.54. The number of ether oxygens (including phenoxy) is 1. The Morgan fingerprint density at radius 3 is 2.70 bits per heavy atom. The molecular weight excluding hydrogens is 254 g/mol. The molecule has 0 spiro atoms. The zero-order valence-electron chi connectivity index (χ0n) is 12.2. The number of aldehydes is 1. The molecule has 1 fully saturated rings. The number of likely N-dealkylation sites (tertiary alicyclic amines) is 1. The van der Waals surface area contributed by atoms with E-state index < -0.39 is 0 Å². The van der Waals surface area contributed by atoms with Crippen LogP contribution >= 0.6 is 0 Å². The standard InChI is InChI=1S/C16H23NO3/c1-12(19)10-17-7-5-13(6-8-17)14-3-4-15(11-18)16(9-14)20-2/h3-4,9,11-13,19H,5-8,10H2,1-2H3. The maximum atomic E-state index is 10.9. The van der Waals surface area contributed by atoms with Gasteiger partial charge in [0.05, 0.1) is 18.8 Å². The number of aliphatic hydroxyl groups is 1. The van der Waals surface area contributed by atoms with Gasteiger partial charge in [0.1, 0.15) is 5.75 Å². The molecule has 0 amide bonds. The topological polar surface area (TPSA) is 49.8 Å². The number of carbonyl (C=O) groups is 1. The van der Waals surface area contributed by atoms with E-state index in [1.807, 2.05) is 25.1 Å². The molecule has 1 aliphatic rings. The van der Waals surface area contributed by atoms with Crippen LogP contribution in [0.4, 0.5) is 0 Å². The van der Waals surface area contributed by atoms with Crippen LogP contribution in [0.15, 0.2) is 18.2 Å². The molecule has 1 atom stereocenters. The minimum Gasteiger partial charge on any atom is -0.496 e. The van der Waals surface area contributed by atoms with Crippen LogP contribution < -0.4 is 4.74 Å². The van der Waals surface area contributed by atoms with Gasteiger partial charge < -0.3 is 14.7 Å². The lowest BCUT2D eigenvalue weighted by Crippen LogP contribution is -2.37. The fraction of sp³-hybridized carbons (Fsp3) is 0.562. The number of hydrogen-bond donors (Lipinski definition) is 1. The van der Waals surface area contributed by atoms with Crippen molar-refractivity contribution in [2.45, 2.75) is 31.8 Å². The van der Waals surface area contributed by atoms with Crippen molar-refractivity contribution in [2.24, 2.45) is 0 Å². The Labute approximate surface area is 120 Å². The van der Waals surface area contributed by atoms with E-state index in [0.717, 1.165) is 38.8 Å². The molecule has 2 rings (SSSR count). The van der Waals surface area contributed by atoms with Gasteiger partial charge in [-0.2, -0.15) is 0 Å². The van der Waals surface area contributed by atoms with Crippen LogP contribution in [0, 0.1) is 0 Å². The summed E-state index contributed by atoms with van der Waals surface area (Å²) in [5.74, 6) is 1.17. The Bertz CT molecular complexity index is 451. The van der Waals surface area contributed by atoms with Crippen molar-refractivity contribution < 1.29 is 14.6 Å². The van der Waals surface area contributed by atoms with E-state index in [4.69, 9.17) is 4.74 Å². The summed E-state index contributed by atoms with van der Waals surface area (Å²) in [4.78, 5) is 13.2. The van der Waals surface area contributed by atoms with Crippen LogP contribution in [0.3, 0.4) is 0 Å². The molecule has 1 aliphatic heterocycles. The van der Waals surface area contributed by atoms with E-state index in [2.05, 4.69) is 4.90 Å². The summed E-state index contributed by atoms with van der Waals surface area (Å²) in [6, 6.07) is 5.85. The summed E-state index contributed by atoms with van der Waals surface area (Å²) < 4.78 is 5.27. The first-order valence-electron chi connectivity index (χ1n) is 7.17. The number of benzene rings is 1. The van der Waals surface area contributed by atoms with Crippen molar-refractivity contribution in [1.82, 2.24) is 4.90 Å². The highest BCUT2D eigenvalue weighted by atomic mass is 16.5. The first-order valence-corrected chi connectivity index (χ1v) is 7.17. The van der Waals surface area contributed by atoms with E-state index in [1.165, 1.54) is 5.56 Å². The number of aliphatic hydroxyl groups excluding tert-OH is 1. The Balaban J connectivity index is 2.01. The van der Waals surface area contributed by atoms with Gasteiger partial charge in [0.25, 0.3) is 0 Å². The number of β-amino-alcohol motifs (C(OH)–C–C–N with tert-alkyl or cyclic N) is 1. The number of hydrogen-bond acceptors (Lipinski definition) is 4. The normalized spacial score (nSPS) is 18.8. The SMILES string of the molecule is COc1cc(C2CCN(CC(C)O)CC2)ccc1C=O. The molecule has 0 bridgehead atoms. The van der Waals surface area contributed by atoms with E-state index in [-0.39, 0.29) is 6.10 Å². The molecule has 0 aliphatic carbocycles. The Morgan fingerprint density at radius 2 is 2.15 bits per heavy atom. The average molecular weight is 277 g/mol. The summed E-state index contributed by atoms with van der Waals surface area (Å²) in [6.45, 7) is 4.59. The Morgan fingerprint density at radius 1 is 1.45 bits per heavy atom. The molecule has 110 valence electrons. The average Bonchev–Trinajstić information content (AvgIpc) is 2.46. The van der Waals surface area contributed by atoms with Crippen LogP contribution in [-0.4, -0.2) is 49.1 Å².